The van der Waals surface area contributed by atoms with Gasteiger partial charge < -0.3 is 10.1 Å². The zero-order chi connectivity index (χ0) is 23.3. The standard InChI is InChI=1S/C19H23ClN4O6S/c1-5-24(6-2)31(28,29)13-7-8-14(20)16(11-13)21-18(26)12(3)30-19(27)15-9-10-17(25)23(4)22-15/h7-12H,5-6H2,1-4H3,(H,21,26). The molecule has 0 aliphatic rings. The molecule has 0 saturated carbocycles. The summed E-state index contributed by atoms with van der Waals surface area (Å²) in [7, 11) is -2.39. The number of aryl methyl sites for hydroxylation is 1. The Balaban J connectivity index is 2.18. The van der Waals surface area contributed by atoms with Crippen LogP contribution >= 0.6 is 11.6 Å². The number of ether oxygens (including phenoxy) is 1. The maximum Gasteiger partial charge on any atom is 0.359 e. The van der Waals surface area contributed by atoms with Gasteiger partial charge in [0, 0.05) is 26.2 Å². The number of halogens is 1. The van der Waals surface area contributed by atoms with Crippen molar-refractivity contribution in [2.24, 2.45) is 7.05 Å². The fourth-order valence-electron chi connectivity index (χ4n) is 2.59. The first-order chi connectivity index (χ1) is 14.5. The molecule has 1 atom stereocenters. The Morgan fingerprint density at radius 1 is 1.23 bits per heavy atom. The van der Waals surface area contributed by atoms with E-state index in [0.717, 1.165) is 10.7 Å². The van der Waals surface area contributed by atoms with E-state index in [9.17, 15) is 22.8 Å². The number of nitrogens with zero attached hydrogens (tertiary/aromatic N) is 3. The molecular weight excluding hydrogens is 448 g/mol. The Morgan fingerprint density at radius 2 is 1.87 bits per heavy atom. The van der Waals surface area contributed by atoms with Gasteiger partial charge >= 0.3 is 5.97 Å². The average Bonchev–Trinajstić information content (AvgIpc) is 2.71. The van der Waals surface area contributed by atoms with Crippen LogP contribution in [0.2, 0.25) is 5.02 Å². The van der Waals surface area contributed by atoms with E-state index in [0.29, 0.717) is 0 Å². The molecule has 1 unspecified atom stereocenters. The predicted octanol–water partition coefficient (Wildman–Crippen LogP) is 1.65. The lowest BCUT2D eigenvalue weighted by molar-refractivity contribution is -0.123. The third-order valence-corrected chi connectivity index (χ3v) is 6.74. The van der Waals surface area contributed by atoms with Crippen LogP contribution in [0.25, 0.3) is 0 Å². The summed E-state index contributed by atoms with van der Waals surface area (Å²) in [5.74, 6) is -1.63. The monoisotopic (exact) mass is 470 g/mol. The Bertz CT molecular complexity index is 1140. The smallest absolute Gasteiger partial charge is 0.359 e. The molecule has 0 aliphatic heterocycles. The SMILES string of the molecule is CCN(CC)S(=O)(=O)c1ccc(Cl)c(NC(=O)C(C)OC(=O)c2ccc(=O)n(C)n2)c1. The van der Waals surface area contributed by atoms with Crippen molar-refractivity contribution in [1.29, 1.82) is 0 Å². The number of carbonyl (C=O) groups excluding carboxylic acids is 2. The van der Waals surface area contributed by atoms with Gasteiger partial charge in [0.1, 0.15) is 0 Å². The number of nitrogens with one attached hydrogen (secondary N) is 1. The quantitative estimate of drug-likeness (QED) is 0.581. The molecule has 2 aromatic rings. The fraction of sp³-hybridized carbons (Fsp3) is 0.368. The Hall–Kier alpha value is -2.76. The fourth-order valence-corrected chi connectivity index (χ4v) is 4.24. The highest BCUT2D eigenvalue weighted by Crippen LogP contribution is 2.27. The van der Waals surface area contributed by atoms with E-state index in [4.69, 9.17) is 16.3 Å². The number of rotatable bonds is 8. The number of amides is 1. The van der Waals surface area contributed by atoms with Gasteiger partial charge in [0.25, 0.3) is 11.5 Å². The second-order valence-electron chi connectivity index (χ2n) is 6.45. The number of anilines is 1. The minimum Gasteiger partial charge on any atom is -0.448 e. The van der Waals surface area contributed by atoms with Gasteiger partial charge in [-0.1, -0.05) is 25.4 Å². The van der Waals surface area contributed by atoms with Crippen LogP contribution in [-0.2, 0) is 26.6 Å². The maximum absolute atomic E-state index is 12.7. The van der Waals surface area contributed by atoms with E-state index in [2.05, 4.69) is 10.4 Å². The molecule has 31 heavy (non-hydrogen) atoms. The van der Waals surface area contributed by atoms with Crippen molar-refractivity contribution in [2.75, 3.05) is 18.4 Å². The number of aromatic nitrogens is 2. The first-order valence-electron chi connectivity index (χ1n) is 9.37. The van der Waals surface area contributed by atoms with Crippen molar-refractivity contribution in [1.82, 2.24) is 14.1 Å². The molecule has 2 rings (SSSR count). The number of hydrogen-bond donors (Lipinski definition) is 1. The minimum absolute atomic E-state index is 0.0325. The van der Waals surface area contributed by atoms with Gasteiger partial charge in [-0.3, -0.25) is 9.59 Å². The highest BCUT2D eigenvalue weighted by Gasteiger charge is 2.25. The molecule has 168 valence electrons. The molecule has 0 bridgehead atoms. The van der Waals surface area contributed by atoms with E-state index in [1.807, 2.05) is 0 Å². The van der Waals surface area contributed by atoms with Crippen LogP contribution in [0.1, 0.15) is 31.3 Å². The van der Waals surface area contributed by atoms with E-state index in [1.165, 1.54) is 42.5 Å². The molecule has 0 aliphatic carbocycles. The second-order valence-corrected chi connectivity index (χ2v) is 8.79. The Morgan fingerprint density at radius 3 is 2.45 bits per heavy atom. The number of benzene rings is 1. The van der Waals surface area contributed by atoms with Crippen LogP contribution in [0.4, 0.5) is 5.69 Å². The van der Waals surface area contributed by atoms with Gasteiger partial charge in [-0.2, -0.15) is 9.40 Å². The second kappa shape index (κ2) is 10.0. The summed E-state index contributed by atoms with van der Waals surface area (Å²) in [5, 5.41) is 6.34. The van der Waals surface area contributed by atoms with Crippen molar-refractivity contribution in [3.8, 4) is 0 Å². The third kappa shape index (κ3) is 5.69. The first-order valence-corrected chi connectivity index (χ1v) is 11.2. The third-order valence-electron chi connectivity index (χ3n) is 4.36. The van der Waals surface area contributed by atoms with Crippen LogP contribution in [0.15, 0.2) is 40.0 Å². The number of sulfonamides is 1. The van der Waals surface area contributed by atoms with E-state index in [1.54, 1.807) is 13.8 Å². The summed E-state index contributed by atoms with van der Waals surface area (Å²) in [6, 6.07) is 6.29. The summed E-state index contributed by atoms with van der Waals surface area (Å²) < 4.78 is 32.7. The van der Waals surface area contributed by atoms with Gasteiger partial charge in [-0.05, 0) is 31.2 Å². The van der Waals surface area contributed by atoms with Gasteiger partial charge in [-0.15, -0.1) is 0 Å². The number of hydrogen-bond acceptors (Lipinski definition) is 7. The van der Waals surface area contributed by atoms with Gasteiger partial charge in [-0.25, -0.2) is 17.9 Å². The molecule has 0 spiro atoms. The molecule has 1 aromatic heterocycles. The highest BCUT2D eigenvalue weighted by atomic mass is 35.5. The molecule has 0 fully saturated rings. The van der Waals surface area contributed by atoms with Gasteiger partial charge in [0.15, 0.2) is 11.8 Å². The molecule has 0 radical (unpaired) electrons. The predicted molar refractivity (Wildman–Crippen MR) is 115 cm³/mol. The molecule has 12 heteroatoms. The van der Waals surface area contributed by atoms with Crippen molar-refractivity contribution in [3.63, 3.8) is 0 Å². The Kier molecular flexibility index (Phi) is 7.93. The molecule has 1 N–H and O–H groups in total. The Labute approximate surface area is 184 Å². The van der Waals surface area contributed by atoms with Crippen LogP contribution < -0.4 is 10.9 Å². The minimum atomic E-state index is -3.76. The van der Waals surface area contributed by atoms with Crippen molar-refractivity contribution in [2.45, 2.75) is 31.8 Å². The van der Waals surface area contributed by atoms with Crippen molar-refractivity contribution < 1.29 is 22.7 Å². The van der Waals surface area contributed by atoms with Crippen LogP contribution in [0.3, 0.4) is 0 Å². The molecule has 1 amide bonds. The summed E-state index contributed by atoms with van der Waals surface area (Å²) >= 11 is 6.10. The van der Waals surface area contributed by atoms with Crippen LogP contribution in [0.5, 0.6) is 0 Å². The van der Waals surface area contributed by atoms with E-state index >= 15 is 0 Å². The summed E-state index contributed by atoms with van der Waals surface area (Å²) in [4.78, 5) is 36.0. The van der Waals surface area contributed by atoms with E-state index in [-0.39, 0.29) is 34.4 Å². The van der Waals surface area contributed by atoms with Crippen LogP contribution in [-0.4, -0.2) is 53.6 Å². The zero-order valence-corrected chi connectivity index (χ0v) is 19.0. The summed E-state index contributed by atoms with van der Waals surface area (Å²) in [5.41, 5.74) is -0.494. The lowest BCUT2D eigenvalue weighted by Gasteiger charge is -2.19. The molecule has 10 nitrogen and oxygen atoms in total. The van der Waals surface area contributed by atoms with E-state index < -0.39 is 33.6 Å². The molecule has 1 aromatic carbocycles. The largest absolute Gasteiger partial charge is 0.448 e. The van der Waals surface area contributed by atoms with Crippen LogP contribution in [0, 0.1) is 0 Å². The van der Waals surface area contributed by atoms with Crippen molar-refractivity contribution in [3.05, 3.63) is 51.4 Å². The highest BCUT2D eigenvalue weighted by molar-refractivity contribution is 7.89. The normalized spacial score (nSPS) is 12.5. The average molecular weight is 471 g/mol. The summed E-state index contributed by atoms with van der Waals surface area (Å²) in [6.07, 6.45) is -1.24. The lowest BCUT2D eigenvalue weighted by atomic mass is 10.3. The molecule has 1 heterocycles. The zero-order valence-electron chi connectivity index (χ0n) is 17.5. The number of esters is 1. The molecule has 0 saturated heterocycles. The topological polar surface area (TPSA) is 128 Å². The van der Waals surface area contributed by atoms with Gasteiger partial charge in [0.05, 0.1) is 15.6 Å². The summed E-state index contributed by atoms with van der Waals surface area (Å²) in [6.45, 7) is 5.34. The maximum atomic E-state index is 12.7. The number of carbonyl (C=O) groups is 2. The first kappa shape index (κ1) is 24.5. The van der Waals surface area contributed by atoms with Crippen molar-refractivity contribution >= 4 is 39.2 Å². The lowest BCUT2D eigenvalue weighted by Crippen LogP contribution is -2.32. The molecular formula is C19H23ClN4O6S. The van der Waals surface area contributed by atoms with Gasteiger partial charge in [0.2, 0.25) is 10.0 Å².